The molecule has 2 aromatic rings. The van der Waals surface area contributed by atoms with Crippen LogP contribution in [0.4, 0.5) is 10.7 Å². The van der Waals surface area contributed by atoms with Crippen molar-refractivity contribution in [2.24, 2.45) is 0 Å². The predicted molar refractivity (Wildman–Crippen MR) is 87.3 cm³/mol. The lowest BCUT2D eigenvalue weighted by Gasteiger charge is -2.05. The molecule has 2 aromatic heterocycles. The third kappa shape index (κ3) is 3.96. The molecule has 2 heterocycles. The molecule has 9 nitrogen and oxygen atoms in total. The average Bonchev–Trinajstić information content (AvgIpc) is 3.07. The Kier molecular flexibility index (Phi) is 5.29. The number of hydrogen-bond acceptors (Lipinski definition) is 7. The minimum Gasteiger partial charge on any atom is -0.465 e. The van der Waals surface area contributed by atoms with Gasteiger partial charge in [0.25, 0.3) is 0 Å². The molecule has 0 saturated carbocycles. The lowest BCUT2D eigenvalue weighted by Crippen LogP contribution is -2.16. The van der Waals surface area contributed by atoms with E-state index in [1.165, 1.54) is 36.2 Å². The Morgan fingerprint density at radius 3 is 2.75 bits per heavy atom. The Morgan fingerprint density at radius 2 is 2.17 bits per heavy atom. The van der Waals surface area contributed by atoms with Gasteiger partial charge in [-0.1, -0.05) is 0 Å². The summed E-state index contributed by atoms with van der Waals surface area (Å²) in [5, 5.41) is 17.9. The number of carbonyl (C=O) groups excluding carboxylic acids is 2. The SMILES string of the molecule is COC(=O)c1cc(C)sc1NC(=O)CCn1cc([N+](=O)[O-])c(C)n1. The van der Waals surface area contributed by atoms with Crippen molar-refractivity contribution in [3.63, 3.8) is 0 Å². The highest BCUT2D eigenvalue weighted by Crippen LogP contribution is 2.28. The van der Waals surface area contributed by atoms with E-state index in [1.54, 1.807) is 6.07 Å². The summed E-state index contributed by atoms with van der Waals surface area (Å²) in [5.41, 5.74) is 0.512. The second-order valence-electron chi connectivity index (χ2n) is 5.01. The standard InChI is InChI=1S/C14H16N4O5S/c1-8-6-10(14(20)23-3)13(24-8)15-12(19)4-5-17-7-11(18(21)22)9(2)16-17/h6-7H,4-5H2,1-3H3,(H,15,19). The molecule has 0 aliphatic rings. The first-order chi connectivity index (χ1) is 11.3. The molecule has 0 unspecified atom stereocenters. The van der Waals surface area contributed by atoms with Gasteiger partial charge in [-0.3, -0.25) is 19.6 Å². The number of methoxy groups -OCH3 is 1. The van der Waals surface area contributed by atoms with Crippen molar-refractivity contribution in [2.75, 3.05) is 12.4 Å². The molecule has 1 amide bonds. The second-order valence-corrected chi connectivity index (χ2v) is 6.27. The summed E-state index contributed by atoms with van der Waals surface area (Å²) in [5.74, 6) is -0.842. The molecule has 128 valence electrons. The minimum absolute atomic E-state index is 0.0653. The number of nitro groups is 1. The zero-order valence-electron chi connectivity index (χ0n) is 13.4. The molecule has 0 aliphatic carbocycles. The van der Waals surface area contributed by atoms with E-state index in [9.17, 15) is 19.7 Å². The zero-order valence-corrected chi connectivity index (χ0v) is 14.2. The van der Waals surface area contributed by atoms with Crippen LogP contribution in [0.25, 0.3) is 0 Å². The van der Waals surface area contributed by atoms with Gasteiger partial charge in [0, 0.05) is 17.8 Å². The first-order valence-electron chi connectivity index (χ1n) is 6.99. The van der Waals surface area contributed by atoms with Gasteiger partial charge in [0.2, 0.25) is 5.91 Å². The van der Waals surface area contributed by atoms with E-state index >= 15 is 0 Å². The Balaban J connectivity index is 2.00. The van der Waals surface area contributed by atoms with E-state index in [2.05, 4.69) is 15.2 Å². The van der Waals surface area contributed by atoms with Gasteiger partial charge in [-0.2, -0.15) is 5.10 Å². The highest BCUT2D eigenvalue weighted by Gasteiger charge is 2.18. The lowest BCUT2D eigenvalue weighted by atomic mass is 10.3. The van der Waals surface area contributed by atoms with Gasteiger partial charge in [0.15, 0.2) is 0 Å². The summed E-state index contributed by atoms with van der Waals surface area (Å²) in [6, 6.07) is 1.65. The fourth-order valence-corrected chi connectivity index (χ4v) is 2.99. The molecule has 0 spiro atoms. The molecular weight excluding hydrogens is 336 g/mol. The number of rotatable bonds is 6. The van der Waals surface area contributed by atoms with Crippen molar-refractivity contribution in [3.8, 4) is 0 Å². The van der Waals surface area contributed by atoms with Crippen molar-refractivity contribution in [2.45, 2.75) is 26.8 Å². The largest absolute Gasteiger partial charge is 0.465 e. The molecule has 0 atom stereocenters. The number of nitrogens with zero attached hydrogens (tertiary/aromatic N) is 3. The van der Waals surface area contributed by atoms with E-state index in [1.807, 2.05) is 6.92 Å². The number of amides is 1. The Hall–Kier alpha value is -2.75. The van der Waals surface area contributed by atoms with Crippen LogP contribution in [-0.2, 0) is 16.1 Å². The predicted octanol–water partition coefficient (Wildman–Crippen LogP) is 2.29. The highest BCUT2D eigenvalue weighted by atomic mass is 32.1. The summed E-state index contributed by atoms with van der Waals surface area (Å²) in [4.78, 5) is 34.8. The molecule has 0 fully saturated rings. The number of anilines is 1. The maximum absolute atomic E-state index is 12.1. The maximum atomic E-state index is 12.1. The smallest absolute Gasteiger partial charge is 0.340 e. The molecule has 0 saturated heterocycles. The van der Waals surface area contributed by atoms with Crippen molar-refractivity contribution in [1.82, 2.24) is 9.78 Å². The van der Waals surface area contributed by atoms with Gasteiger partial charge in [-0.25, -0.2) is 4.79 Å². The van der Waals surface area contributed by atoms with Crippen LogP contribution >= 0.6 is 11.3 Å². The number of aryl methyl sites for hydroxylation is 3. The van der Waals surface area contributed by atoms with Gasteiger partial charge in [-0.15, -0.1) is 11.3 Å². The summed E-state index contributed by atoms with van der Waals surface area (Å²) >= 11 is 1.27. The number of aromatic nitrogens is 2. The van der Waals surface area contributed by atoms with Gasteiger partial charge < -0.3 is 10.1 Å². The number of carbonyl (C=O) groups is 2. The van der Waals surface area contributed by atoms with Crippen LogP contribution < -0.4 is 5.32 Å². The van der Waals surface area contributed by atoms with Crippen LogP contribution in [0.1, 0.15) is 27.3 Å². The molecule has 0 bridgehead atoms. The van der Waals surface area contributed by atoms with E-state index in [-0.39, 0.29) is 24.6 Å². The first kappa shape index (κ1) is 17.6. The summed E-state index contributed by atoms with van der Waals surface area (Å²) in [6.07, 6.45) is 1.35. The molecule has 1 N–H and O–H groups in total. The van der Waals surface area contributed by atoms with Crippen LogP contribution in [0.3, 0.4) is 0 Å². The molecule has 2 rings (SSSR count). The van der Waals surface area contributed by atoms with E-state index in [0.717, 1.165) is 4.88 Å². The van der Waals surface area contributed by atoms with Gasteiger partial charge in [0.05, 0.1) is 17.6 Å². The number of esters is 1. The fourth-order valence-electron chi connectivity index (χ4n) is 2.08. The van der Waals surface area contributed by atoms with Gasteiger partial charge >= 0.3 is 11.7 Å². The van der Waals surface area contributed by atoms with E-state index < -0.39 is 10.9 Å². The average molecular weight is 352 g/mol. The van der Waals surface area contributed by atoms with E-state index in [0.29, 0.717) is 16.3 Å². The number of nitrogens with one attached hydrogen (secondary N) is 1. The highest BCUT2D eigenvalue weighted by molar-refractivity contribution is 7.16. The van der Waals surface area contributed by atoms with Crippen molar-refractivity contribution in [3.05, 3.63) is 38.5 Å². The van der Waals surface area contributed by atoms with Crippen LogP contribution in [-0.4, -0.2) is 33.7 Å². The van der Waals surface area contributed by atoms with Gasteiger partial charge in [-0.05, 0) is 19.9 Å². The van der Waals surface area contributed by atoms with Crippen LogP contribution in [0, 0.1) is 24.0 Å². The quantitative estimate of drug-likeness (QED) is 0.484. The van der Waals surface area contributed by atoms with Crippen LogP contribution in [0.2, 0.25) is 0 Å². The lowest BCUT2D eigenvalue weighted by molar-refractivity contribution is -0.385. The normalized spacial score (nSPS) is 10.5. The summed E-state index contributed by atoms with van der Waals surface area (Å²) < 4.78 is 6.03. The van der Waals surface area contributed by atoms with Crippen LogP contribution in [0.15, 0.2) is 12.3 Å². The fraction of sp³-hybridized carbons (Fsp3) is 0.357. The third-order valence-corrected chi connectivity index (χ3v) is 4.16. The second kappa shape index (κ2) is 7.21. The minimum atomic E-state index is -0.520. The topological polar surface area (TPSA) is 116 Å². The molecule has 24 heavy (non-hydrogen) atoms. The maximum Gasteiger partial charge on any atom is 0.340 e. The monoisotopic (exact) mass is 352 g/mol. The number of thiophene rings is 1. The summed E-state index contributed by atoms with van der Waals surface area (Å²) in [6.45, 7) is 3.54. The Labute approximate surface area is 141 Å². The number of ether oxygens (including phenoxy) is 1. The van der Waals surface area contributed by atoms with Gasteiger partial charge in [0.1, 0.15) is 16.9 Å². The van der Waals surface area contributed by atoms with Crippen molar-refractivity contribution >= 4 is 33.9 Å². The van der Waals surface area contributed by atoms with Crippen LogP contribution in [0.5, 0.6) is 0 Å². The molecule has 0 aromatic carbocycles. The molecule has 10 heteroatoms. The molecular formula is C14H16N4O5S. The Bertz CT molecular complexity index is 795. The summed E-state index contributed by atoms with van der Waals surface area (Å²) in [7, 11) is 1.27. The Morgan fingerprint density at radius 1 is 1.46 bits per heavy atom. The van der Waals surface area contributed by atoms with Crippen molar-refractivity contribution in [1.29, 1.82) is 0 Å². The molecule has 0 radical (unpaired) electrons. The van der Waals surface area contributed by atoms with E-state index in [4.69, 9.17) is 0 Å². The molecule has 0 aliphatic heterocycles. The number of hydrogen-bond donors (Lipinski definition) is 1. The van der Waals surface area contributed by atoms with Crippen molar-refractivity contribution < 1.29 is 19.2 Å². The first-order valence-corrected chi connectivity index (χ1v) is 7.80. The third-order valence-electron chi connectivity index (χ3n) is 3.20. The zero-order chi connectivity index (χ0) is 17.9.